The molecule has 1 N–H and O–H groups in total. The van der Waals surface area contributed by atoms with Crippen molar-refractivity contribution in [3.05, 3.63) is 51.9 Å². The van der Waals surface area contributed by atoms with Crippen LogP contribution < -0.4 is 10.2 Å². The fourth-order valence-corrected chi connectivity index (χ4v) is 4.78. The second-order valence-corrected chi connectivity index (χ2v) is 8.19. The zero-order valence-electron chi connectivity index (χ0n) is 16.1. The van der Waals surface area contributed by atoms with Gasteiger partial charge in [0.05, 0.1) is 10.3 Å². The summed E-state index contributed by atoms with van der Waals surface area (Å²) in [7, 11) is 0. The summed E-state index contributed by atoms with van der Waals surface area (Å²) in [5.41, 5.74) is 1.79. The Morgan fingerprint density at radius 3 is 2.57 bits per heavy atom. The van der Waals surface area contributed by atoms with E-state index >= 15 is 0 Å². The molecule has 7 heteroatoms. The summed E-state index contributed by atoms with van der Waals surface area (Å²) in [6.07, 6.45) is 3.58. The molecule has 28 heavy (non-hydrogen) atoms. The maximum Gasteiger partial charge on any atom is 0.261 e. The first kappa shape index (κ1) is 18.8. The van der Waals surface area contributed by atoms with Gasteiger partial charge in [0.25, 0.3) is 5.91 Å². The normalized spacial score (nSPS) is 14.5. The number of halogens is 1. The van der Waals surface area contributed by atoms with E-state index in [1.54, 1.807) is 12.1 Å². The molecule has 146 valence electrons. The fraction of sp³-hybridized carbons (Fsp3) is 0.381. The summed E-state index contributed by atoms with van der Waals surface area (Å²) in [5.74, 6) is 1.27. The molecule has 1 amide bonds. The summed E-state index contributed by atoms with van der Waals surface area (Å²) < 4.78 is 13.0. The number of benzene rings is 1. The van der Waals surface area contributed by atoms with Crippen molar-refractivity contribution in [3.63, 3.8) is 0 Å². The van der Waals surface area contributed by atoms with Crippen LogP contribution in [0.5, 0.6) is 0 Å². The zero-order valence-corrected chi connectivity index (χ0v) is 16.9. The van der Waals surface area contributed by atoms with Gasteiger partial charge in [-0.2, -0.15) is 0 Å². The highest BCUT2D eigenvalue weighted by atomic mass is 32.1. The number of carbonyl (C=O) groups excluding carboxylic acids is 1. The molecule has 0 saturated carbocycles. The van der Waals surface area contributed by atoms with Crippen LogP contribution >= 0.6 is 11.3 Å². The second-order valence-electron chi connectivity index (χ2n) is 7.19. The van der Waals surface area contributed by atoms with Gasteiger partial charge in [-0.05, 0) is 56.4 Å². The Morgan fingerprint density at radius 2 is 1.86 bits per heavy atom. The molecule has 0 unspecified atom stereocenters. The predicted octanol–water partition coefficient (Wildman–Crippen LogP) is 4.37. The molecule has 0 spiro atoms. The van der Waals surface area contributed by atoms with E-state index in [-0.39, 0.29) is 11.7 Å². The van der Waals surface area contributed by atoms with E-state index in [0.717, 1.165) is 46.1 Å². The Bertz CT molecular complexity index is 1010. The van der Waals surface area contributed by atoms with E-state index in [1.807, 2.05) is 13.8 Å². The van der Waals surface area contributed by atoms with Crippen molar-refractivity contribution in [3.8, 4) is 0 Å². The molecule has 3 heterocycles. The lowest BCUT2D eigenvalue weighted by Gasteiger charge is -2.28. The van der Waals surface area contributed by atoms with Crippen molar-refractivity contribution in [1.82, 2.24) is 15.3 Å². The molecule has 5 nitrogen and oxygen atoms in total. The SMILES string of the molecule is Cc1nc(N2CCCCC2)c2c(C)c(C(=O)NCc3ccc(F)cc3)sc2n1. The molecule has 0 bridgehead atoms. The number of rotatable bonds is 4. The topological polar surface area (TPSA) is 58.1 Å². The van der Waals surface area contributed by atoms with Crippen LogP contribution in [-0.2, 0) is 6.54 Å². The lowest BCUT2D eigenvalue weighted by molar-refractivity contribution is 0.0954. The Labute approximate surface area is 167 Å². The third-order valence-corrected chi connectivity index (χ3v) is 6.30. The van der Waals surface area contributed by atoms with E-state index in [2.05, 4.69) is 15.2 Å². The Hall–Kier alpha value is -2.54. The zero-order chi connectivity index (χ0) is 19.7. The smallest absolute Gasteiger partial charge is 0.261 e. The highest BCUT2D eigenvalue weighted by Gasteiger charge is 2.23. The summed E-state index contributed by atoms with van der Waals surface area (Å²) >= 11 is 1.41. The van der Waals surface area contributed by atoms with Crippen LogP contribution in [0, 0.1) is 19.7 Å². The van der Waals surface area contributed by atoms with Gasteiger partial charge in [0.1, 0.15) is 22.3 Å². The van der Waals surface area contributed by atoms with Crippen molar-refractivity contribution in [1.29, 1.82) is 0 Å². The molecule has 2 aromatic heterocycles. The quantitative estimate of drug-likeness (QED) is 0.709. The highest BCUT2D eigenvalue weighted by molar-refractivity contribution is 7.20. The molecule has 1 saturated heterocycles. The van der Waals surface area contributed by atoms with Gasteiger partial charge in [0.2, 0.25) is 0 Å². The van der Waals surface area contributed by atoms with Crippen LogP contribution in [-0.4, -0.2) is 29.0 Å². The van der Waals surface area contributed by atoms with Crippen molar-refractivity contribution < 1.29 is 9.18 Å². The molecule has 0 radical (unpaired) electrons. The van der Waals surface area contributed by atoms with Crippen molar-refractivity contribution in [2.45, 2.75) is 39.7 Å². The van der Waals surface area contributed by atoms with E-state index in [0.29, 0.717) is 11.4 Å². The number of hydrogen-bond donors (Lipinski definition) is 1. The fourth-order valence-electron chi connectivity index (χ4n) is 3.64. The van der Waals surface area contributed by atoms with Crippen LogP contribution in [0.3, 0.4) is 0 Å². The predicted molar refractivity (Wildman–Crippen MR) is 111 cm³/mol. The van der Waals surface area contributed by atoms with Crippen LogP contribution in [0.2, 0.25) is 0 Å². The van der Waals surface area contributed by atoms with E-state index in [1.165, 1.54) is 42.7 Å². The van der Waals surface area contributed by atoms with E-state index in [4.69, 9.17) is 4.98 Å². The molecular weight excluding hydrogens is 375 g/mol. The standard InChI is InChI=1S/C21H23FN4OS/c1-13-17-19(26-10-4-3-5-11-26)24-14(2)25-21(17)28-18(13)20(27)23-12-15-6-8-16(22)9-7-15/h6-9H,3-5,10-12H2,1-2H3,(H,23,27). The summed E-state index contributed by atoms with van der Waals surface area (Å²) in [6.45, 7) is 6.21. The minimum Gasteiger partial charge on any atom is -0.356 e. The number of thiophene rings is 1. The number of fused-ring (bicyclic) bond motifs is 1. The average molecular weight is 399 g/mol. The molecule has 1 aliphatic heterocycles. The molecule has 1 fully saturated rings. The lowest BCUT2D eigenvalue weighted by atomic mass is 10.1. The number of nitrogens with zero attached hydrogens (tertiary/aromatic N) is 3. The molecule has 4 rings (SSSR count). The number of aryl methyl sites for hydroxylation is 2. The van der Waals surface area contributed by atoms with E-state index < -0.39 is 0 Å². The van der Waals surface area contributed by atoms with Crippen molar-refractivity contribution in [2.24, 2.45) is 0 Å². The maximum absolute atomic E-state index is 13.0. The van der Waals surface area contributed by atoms with Gasteiger partial charge in [0.15, 0.2) is 0 Å². The first-order valence-corrected chi connectivity index (χ1v) is 10.4. The summed E-state index contributed by atoms with van der Waals surface area (Å²) in [6, 6.07) is 6.15. The van der Waals surface area contributed by atoms with Gasteiger partial charge in [-0.25, -0.2) is 14.4 Å². The van der Waals surface area contributed by atoms with Crippen LogP contribution in [0.25, 0.3) is 10.2 Å². The van der Waals surface area contributed by atoms with E-state index in [9.17, 15) is 9.18 Å². The van der Waals surface area contributed by atoms with Gasteiger partial charge < -0.3 is 10.2 Å². The number of aromatic nitrogens is 2. The average Bonchev–Trinajstić information content (AvgIpc) is 3.03. The second kappa shape index (κ2) is 7.83. The minimum absolute atomic E-state index is 0.132. The van der Waals surface area contributed by atoms with Crippen molar-refractivity contribution in [2.75, 3.05) is 18.0 Å². The summed E-state index contributed by atoms with van der Waals surface area (Å²) in [4.78, 5) is 25.9. The van der Waals surface area contributed by atoms with Crippen LogP contribution in [0.15, 0.2) is 24.3 Å². The third-order valence-electron chi connectivity index (χ3n) is 5.11. The Balaban J connectivity index is 1.63. The highest BCUT2D eigenvalue weighted by Crippen LogP contribution is 2.36. The van der Waals surface area contributed by atoms with Crippen LogP contribution in [0.4, 0.5) is 10.2 Å². The van der Waals surface area contributed by atoms with Gasteiger partial charge in [-0.3, -0.25) is 4.79 Å². The number of nitrogens with one attached hydrogen (secondary N) is 1. The molecule has 1 aliphatic rings. The third kappa shape index (κ3) is 3.71. The van der Waals surface area contributed by atoms with Gasteiger partial charge >= 0.3 is 0 Å². The number of piperidine rings is 1. The lowest BCUT2D eigenvalue weighted by Crippen LogP contribution is -2.30. The maximum atomic E-state index is 13.0. The molecule has 0 aliphatic carbocycles. The monoisotopic (exact) mass is 398 g/mol. The number of hydrogen-bond acceptors (Lipinski definition) is 5. The van der Waals surface area contributed by atoms with Gasteiger partial charge in [-0.15, -0.1) is 11.3 Å². The first-order valence-electron chi connectivity index (χ1n) is 9.58. The van der Waals surface area contributed by atoms with Gasteiger partial charge in [-0.1, -0.05) is 12.1 Å². The Morgan fingerprint density at radius 1 is 1.14 bits per heavy atom. The molecule has 3 aromatic rings. The molecular formula is C21H23FN4OS. The molecule has 0 atom stereocenters. The molecule has 1 aromatic carbocycles. The van der Waals surface area contributed by atoms with Crippen molar-refractivity contribution >= 4 is 33.3 Å². The summed E-state index contributed by atoms with van der Waals surface area (Å²) in [5, 5.41) is 3.93. The largest absolute Gasteiger partial charge is 0.356 e. The van der Waals surface area contributed by atoms with Gasteiger partial charge in [0, 0.05) is 19.6 Å². The first-order chi connectivity index (χ1) is 13.5. The number of anilines is 1. The van der Waals surface area contributed by atoms with Crippen LogP contribution in [0.1, 0.15) is 45.9 Å². The number of amides is 1. The Kier molecular flexibility index (Phi) is 5.26. The number of carbonyl (C=O) groups is 1. The minimum atomic E-state index is -0.283.